The molecule has 28 heavy (non-hydrogen) atoms. The number of amides is 1. The Morgan fingerprint density at radius 2 is 1.96 bits per heavy atom. The van der Waals surface area contributed by atoms with E-state index in [2.05, 4.69) is 26.5 Å². The third kappa shape index (κ3) is 5.98. The van der Waals surface area contributed by atoms with Crippen molar-refractivity contribution in [3.05, 3.63) is 52.0 Å². The van der Waals surface area contributed by atoms with Crippen molar-refractivity contribution in [2.24, 2.45) is 5.10 Å². The molecule has 0 heterocycles. The van der Waals surface area contributed by atoms with Crippen molar-refractivity contribution in [3.8, 4) is 17.2 Å². The van der Waals surface area contributed by atoms with E-state index in [1.165, 1.54) is 13.3 Å². The Bertz CT molecular complexity index is 867. The highest BCUT2D eigenvalue weighted by atomic mass is 79.9. The van der Waals surface area contributed by atoms with Crippen LogP contribution in [0.5, 0.6) is 17.2 Å². The first kappa shape index (κ1) is 21.2. The monoisotopic (exact) mass is 450 g/mol. The molecule has 0 bridgehead atoms. The van der Waals surface area contributed by atoms with E-state index in [0.717, 1.165) is 0 Å². The van der Waals surface area contributed by atoms with E-state index >= 15 is 0 Å². The second kappa shape index (κ2) is 10.3. The van der Waals surface area contributed by atoms with E-state index in [1.807, 2.05) is 0 Å². The maximum absolute atomic E-state index is 11.8. The SMILES string of the molecule is CCOC(=O)c1ccc(OCC(=O)N/N=C/c2cc(Br)c(O)c(OC)c2)cc1. The van der Waals surface area contributed by atoms with E-state index < -0.39 is 11.9 Å². The number of benzene rings is 2. The summed E-state index contributed by atoms with van der Waals surface area (Å²) in [7, 11) is 1.43. The first-order valence-electron chi connectivity index (χ1n) is 8.23. The van der Waals surface area contributed by atoms with Crippen LogP contribution in [0.3, 0.4) is 0 Å². The van der Waals surface area contributed by atoms with Crippen LogP contribution in [0.15, 0.2) is 46.0 Å². The number of carbonyl (C=O) groups is 2. The Hall–Kier alpha value is -3.07. The van der Waals surface area contributed by atoms with Crippen LogP contribution in [0.2, 0.25) is 0 Å². The first-order valence-corrected chi connectivity index (χ1v) is 9.02. The molecule has 0 unspecified atom stereocenters. The zero-order chi connectivity index (χ0) is 20.5. The van der Waals surface area contributed by atoms with Gasteiger partial charge >= 0.3 is 5.97 Å². The van der Waals surface area contributed by atoms with Gasteiger partial charge in [-0.2, -0.15) is 5.10 Å². The van der Waals surface area contributed by atoms with Crippen LogP contribution in [-0.2, 0) is 9.53 Å². The van der Waals surface area contributed by atoms with Gasteiger partial charge in [0.05, 0.1) is 30.0 Å². The smallest absolute Gasteiger partial charge is 0.338 e. The molecule has 9 heteroatoms. The zero-order valence-electron chi connectivity index (χ0n) is 15.3. The fourth-order valence-electron chi connectivity index (χ4n) is 2.09. The van der Waals surface area contributed by atoms with Crippen LogP contribution in [0, 0.1) is 0 Å². The molecule has 2 rings (SSSR count). The molecular formula is C19H19BrN2O6. The van der Waals surface area contributed by atoms with Crippen molar-refractivity contribution in [2.45, 2.75) is 6.92 Å². The minimum absolute atomic E-state index is 0.0222. The molecule has 0 aliphatic heterocycles. The number of methoxy groups -OCH3 is 1. The average Bonchev–Trinajstić information content (AvgIpc) is 2.69. The largest absolute Gasteiger partial charge is 0.503 e. The van der Waals surface area contributed by atoms with E-state index in [4.69, 9.17) is 14.2 Å². The number of halogens is 1. The van der Waals surface area contributed by atoms with Gasteiger partial charge in [-0.05, 0) is 64.8 Å². The molecule has 0 aliphatic carbocycles. The molecule has 2 aromatic carbocycles. The van der Waals surface area contributed by atoms with Crippen molar-refractivity contribution in [1.82, 2.24) is 5.43 Å². The zero-order valence-corrected chi connectivity index (χ0v) is 16.9. The van der Waals surface area contributed by atoms with Gasteiger partial charge in [-0.15, -0.1) is 0 Å². The second-order valence-corrected chi connectivity index (χ2v) is 6.23. The molecule has 0 saturated heterocycles. The van der Waals surface area contributed by atoms with E-state index in [1.54, 1.807) is 43.3 Å². The quantitative estimate of drug-likeness (QED) is 0.363. The summed E-state index contributed by atoms with van der Waals surface area (Å²) in [4.78, 5) is 23.4. The molecule has 148 valence electrons. The molecule has 1 amide bonds. The van der Waals surface area contributed by atoms with Gasteiger partial charge in [-0.1, -0.05) is 0 Å². The van der Waals surface area contributed by atoms with E-state index in [9.17, 15) is 14.7 Å². The Balaban J connectivity index is 1.85. The average molecular weight is 451 g/mol. The summed E-state index contributed by atoms with van der Waals surface area (Å²) < 4.78 is 15.7. The number of esters is 1. The van der Waals surface area contributed by atoms with Gasteiger partial charge in [0, 0.05) is 0 Å². The number of phenols is 1. The van der Waals surface area contributed by atoms with E-state index in [-0.39, 0.29) is 18.1 Å². The normalized spacial score (nSPS) is 10.5. The maximum Gasteiger partial charge on any atom is 0.338 e. The number of carbonyl (C=O) groups excluding carboxylic acids is 2. The Kier molecular flexibility index (Phi) is 7.82. The standard InChI is InChI=1S/C19H19BrN2O6/c1-3-27-19(25)13-4-6-14(7-5-13)28-11-17(23)22-21-10-12-8-15(20)18(24)16(9-12)26-2/h4-10,24H,3,11H2,1-2H3,(H,22,23)/b21-10+. The van der Waals surface area contributed by atoms with Crippen molar-refractivity contribution >= 4 is 34.0 Å². The Morgan fingerprint density at radius 3 is 2.61 bits per heavy atom. The van der Waals surface area contributed by atoms with Crippen LogP contribution in [-0.4, -0.2) is 43.5 Å². The Labute approximate surface area is 170 Å². The van der Waals surface area contributed by atoms with Crippen molar-refractivity contribution in [2.75, 3.05) is 20.3 Å². The highest BCUT2D eigenvalue weighted by Gasteiger charge is 2.08. The highest BCUT2D eigenvalue weighted by molar-refractivity contribution is 9.10. The first-order chi connectivity index (χ1) is 13.4. The molecule has 8 nitrogen and oxygen atoms in total. The van der Waals surface area contributed by atoms with Crippen LogP contribution in [0.25, 0.3) is 0 Å². The summed E-state index contributed by atoms with van der Waals surface area (Å²) in [6.45, 7) is 1.78. The number of nitrogens with one attached hydrogen (secondary N) is 1. The van der Waals surface area contributed by atoms with Crippen molar-refractivity contribution < 1.29 is 28.9 Å². The minimum Gasteiger partial charge on any atom is -0.503 e. The summed E-state index contributed by atoms with van der Waals surface area (Å²) in [5.41, 5.74) is 3.34. The summed E-state index contributed by atoms with van der Waals surface area (Å²) in [5, 5.41) is 13.6. The highest BCUT2D eigenvalue weighted by Crippen LogP contribution is 2.34. The molecule has 0 fully saturated rings. The number of hydrogen-bond donors (Lipinski definition) is 2. The van der Waals surface area contributed by atoms with Crippen molar-refractivity contribution in [1.29, 1.82) is 0 Å². The summed E-state index contributed by atoms with van der Waals surface area (Å²) in [6, 6.07) is 9.44. The second-order valence-electron chi connectivity index (χ2n) is 5.38. The lowest BCUT2D eigenvalue weighted by molar-refractivity contribution is -0.123. The van der Waals surface area contributed by atoms with Crippen molar-refractivity contribution in [3.63, 3.8) is 0 Å². The molecule has 0 atom stereocenters. The van der Waals surface area contributed by atoms with Gasteiger partial charge in [0.1, 0.15) is 5.75 Å². The lowest BCUT2D eigenvalue weighted by Gasteiger charge is -2.07. The van der Waals surface area contributed by atoms with E-state index in [0.29, 0.717) is 28.0 Å². The van der Waals surface area contributed by atoms with Gasteiger partial charge in [-0.25, -0.2) is 10.2 Å². The lowest BCUT2D eigenvalue weighted by atomic mass is 10.2. The Morgan fingerprint density at radius 1 is 1.25 bits per heavy atom. The lowest BCUT2D eigenvalue weighted by Crippen LogP contribution is -2.24. The fraction of sp³-hybridized carbons (Fsp3) is 0.211. The number of aromatic hydroxyl groups is 1. The van der Waals surface area contributed by atoms with Gasteiger partial charge in [0.2, 0.25) is 0 Å². The molecule has 2 aromatic rings. The predicted octanol–water partition coefficient (Wildman–Crippen LogP) is 2.87. The molecular weight excluding hydrogens is 432 g/mol. The predicted molar refractivity (Wildman–Crippen MR) is 106 cm³/mol. The summed E-state index contributed by atoms with van der Waals surface area (Å²) in [5.74, 6) is -0.198. The number of ether oxygens (including phenoxy) is 3. The van der Waals surface area contributed by atoms with Crippen LogP contribution in [0.1, 0.15) is 22.8 Å². The van der Waals surface area contributed by atoms with Gasteiger partial charge in [0.25, 0.3) is 5.91 Å². The number of nitrogens with zero attached hydrogens (tertiary/aromatic N) is 1. The van der Waals surface area contributed by atoms with Crippen LogP contribution < -0.4 is 14.9 Å². The molecule has 2 N–H and O–H groups in total. The molecule has 0 aromatic heterocycles. The molecule has 0 radical (unpaired) electrons. The van der Waals surface area contributed by atoms with Gasteiger partial charge in [-0.3, -0.25) is 4.79 Å². The molecule has 0 aliphatic rings. The third-order valence-electron chi connectivity index (χ3n) is 3.41. The van der Waals surface area contributed by atoms with Crippen LogP contribution in [0.4, 0.5) is 0 Å². The number of hydrazone groups is 1. The minimum atomic E-state index is -0.462. The number of rotatable bonds is 8. The number of phenolic OH excluding ortho intramolecular Hbond substituents is 1. The van der Waals surface area contributed by atoms with Gasteiger partial charge in [0.15, 0.2) is 18.1 Å². The van der Waals surface area contributed by atoms with Crippen LogP contribution >= 0.6 is 15.9 Å². The molecule has 0 saturated carbocycles. The summed E-state index contributed by atoms with van der Waals surface area (Å²) in [6.07, 6.45) is 1.40. The maximum atomic E-state index is 11.8. The fourth-order valence-corrected chi connectivity index (χ4v) is 2.55. The topological polar surface area (TPSA) is 106 Å². The summed E-state index contributed by atoms with van der Waals surface area (Å²) >= 11 is 3.20. The third-order valence-corrected chi connectivity index (χ3v) is 4.01. The van der Waals surface area contributed by atoms with Gasteiger partial charge < -0.3 is 19.3 Å². The number of hydrogen-bond acceptors (Lipinski definition) is 7. The molecule has 0 spiro atoms.